The summed E-state index contributed by atoms with van der Waals surface area (Å²) in [5, 5.41) is 11.1. The van der Waals surface area contributed by atoms with Gasteiger partial charge in [-0.2, -0.15) is 0 Å². The largest absolute Gasteiger partial charge is 0.465 e. The smallest absolute Gasteiger partial charge is 0.323 e. The molecule has 0 N–H and O–H groups in total. The Bertz CT molecular complexity index is 700. The molecule has 0 amide bonds. The number of carbonyl (C=O) groups is 2. The van der Waals surface area contributed by atoms with Crippen LogP contribution in [0.2, 0.25) is 0 Å². The molecule has 3 unspecified atom stereocenters. The van der Waals surface area contributed by atoms with E-state index in [1.165, 1.54) is 38.5 Å². The highest BCUT2D eigenvalue weighted by Gasteiger charge is 2.39. The number of methoxy groups -OCH3 is 1. The van der Waals surface area contributed by atoms with Gasteiger partial charge in [-0.15, -0.1) is 0 Å². The zero-order valence-electron chi connectivity index (χ0n) is 17.6. The minimum absolute atomic E-state index is 0.00402. The molecule has 2 bridgehead atoms. The van der Waals surface area contributed by atoms with Crippen molar-refractivity contribution in [3.05, 3.63) is 39.9 Å². The molecule has 0 radical (unpaired) electrons. The van der Waals surface area contributed by atoms with Crippen molar-refractivity contribution in [3.8, 4) is 0 Å². The van der Waals surface area contributed by atoms with Crippen molar-refractivity contribution < 1.29 is 33.5 Å². The van der Waals surface area contributed by atoms with E-state index in [4.69, 9.17) is 18.9 Å². The summed E-state index contributed by atoms with van der Waals surface area (Å²) in [5.41, 5.74) is 0.249. The Morgan fingerprint density at radius 3 is 2.07 bits per heavy atom. The molecule has 166 valence electrons. The number of hydrogen-bond donors (Lipinski definition) is 0. The van der Waals surface area contributed by atoms with Crippen molar-refractivity contribution in [1.29, 1.82) is 0 Å². The molecular formula is C21H29NO8. The number of ether oxygens (including phenoxy) is 4. The lowest BCUT2D eigenvalue weighted by Gasteiger charge is -2.23. The van der Waals surface area contributed by atoms with Gasteiger partial charge in [-0.1, -0.05) is 18.2 Å². The summed E-state index contributed by atoms with van der Waals surface area (Å²) in [6, 6.07) is 6.08. The van der Waals surface area contributed by atoms with Gasteiger partial charge in [0.05, 0.1) is 36.4 Å². The van der Waals surface area contributed by atoms with Gasteiger partial charge in [-0.25, -0.2) is 0 Å². The first-order valence-electron chi connectivity index (χ1n) is 10.1. The number of carbonyl (C=O) groups excluding carboxylic acids is 2. The summed E-state index contributed by atoms with van der Waals surface area (Å²) in [6.07, 6.45) is 4.47. The maximum atomic E-state index is 12.1. The normalized spacial score (nSPS) is 19.9. The number of benzene rings is 1. The number of fused-ring (bicyclic) bond motifs is 1. The summed E-state index contributed by atoms with van der Waals surface area (Å²) in [5.74, 6) is -2.86. The van der Waals surface area contributed by atoms with E-state index in [1.807, 2.05) is 0 Å². The zero-order chi connectivity index (χ0) is 22.1. The van der Waals surface area contributed by atoms with E-state index in [0.29, 0.717) is 17.8 Å². The van der Waals surface area contributed by atoms with Crippen LogP contribution in [0, 0.1) is 16.0 Å². The Morgan fingerprint density at radius 1 is 1.13 bits per heavy atom. The topological polar surface area (TPSA) is 114 Å². The molecule has 3 aliphatic rings. The molecule has 1 saturated carbocycles. The molecule has 1 aromatic rings. The Balaban J connectivity index is 0.000000443. The lowest BCUT2D eigenvalue weighted by atomic mass is 9.95. The second-order valence-corrected chi connectivity index (χ2v) is 7.04. The fourth-order valence-corrected chi connectivity index (χ4v) is 3.58. The monoisotopic (exact) mass is 423 g/mol. The highest BCUT2D eigenvalue weighted by atomic mass is 16.6. The molecule has 9 heteroatoms. The number of para-hydroxylation sites is 1. The van der Waals surface area contributed by atoms with Crippen molar-refractivity contribution in [2.75, 3.05) is 20.3 Å². The lowest BCUT2D eigenvalue weighted by molar-refractivity contribution is -0.385. The Labute approximate surface area is 175 Å². The zero-order valence-corrected chi connectivity index (χ0v) is 17.6. The Kier molecular flexibility index (Phi) is 9.19. The molecule has 2 heterocycles. The maximum absolute atomic E-state index is 12.1. The summed E-state index contributed by atoms with van der Waals surface area (Å²) < 4.78 is 20.3. The summed E-state index contributed by atoms with van der Waals surface area (Å²) >= 11 is 0. The van der Waals surface area contributed by atoms with Gasteiger partial charge in [0.15, 0.2) is 5.92 Å². The average molecular weight is 423 g/mol. The van der Waals surface area contributed by atoms with Crippen LogP contribution in [0.5, 0.6) is 0 Å². The van der Waals surface area contributed by atoms with Gasteiger partial charge in [-0.3, -0.25) is 19.7 Å². The summed E-state index contributed by atoms with van der Waals surface area (Å²) in [7, 11) is 1.32. The second kappa shape index (κ2) is 11.6. The number of hydrogen-bond acceptors (Lipinski definition) is 8. The minimum atomic E-state index is -1.31. The van der Waals surface area contributed by atoms with Crippen molar-refractivity contribution >= 4 is 17.6 Å². The first-order valence-corrected chi connectivity index (χ1v) is 10.1. The van der Waals surface area contributed by atoms with Crippen LogP contribution in [0.3, 0.4) is 0 Å². The Hall–Kier alpha value is -2.52. The highest BCUT2D eigenvalue weighted by Crippen LogP contribution is 2.36. The molecular weight excluding hydrogens is 394 g/mol. The average Bonchev–Trinajstić information content (AvgIpc) is 3.35. The molecule has 3 atom stereocenters. The predicted octanol–water partition coefficient (Wildman–Crippen LogP) is 2.83. The summed E-state index contributed by atoms with van der Waals surface area (Å²) in [4.78, 5) is 34.9. The van der Waals surface area contributed by atoms with E-state index in [0.717, 1.165) is 0 Å². The van der Waals surface area contributed by atoms with E-state index in [9.17, 15) is 19.7 Å². The fraction of sp³-hybridized carbons (Fsp3) is 0.619. The van der Waals surface area contributed by atoms with Crippen molar-refractivity contribution in [1.82, 2.24) is 0 Å². The molecule has 30 heavy (non-hydrogen) atoms. The number of esters is 2. The first-order chi connectivity index (χ1) is 14.4. The van der Waals surface area contributed by atoms with Gasteiger partial charge >= 0.3 is 11.9 Å². The van der Waals surface area contributed by atoms with E-state index in [1.54, 1.807) is 26.0 Å². The maximum Gasteiger partial charge on any atom is 0.323 e. The van der Waals surface area contributed by atoms with Crippen LogP contribution >= 0.6 is 0 Å². The number of nitro groups is 1. The summed E-state index contributed by atoms with van der Waals surface area (Å²) in [6.45, 7) is 3.42. The molecule has 1 aliphatic carbocycles. The van der Waals surface area contributed by atoms with Gasteiger partial charge in [0.1, 0.15) is 0 Å². The third kappa shape index (κ3) is 6.24. The van der Waals surface area contributed by atoms with Gasteiger partial charge in [0.2, 0.25) is 0 Å². The van der Waals surface area contributed by atoms with Gasteiger partial charge in [0, 0.05) is 25.2 Å². The van der Waals surface area contributed by atoms with Crippen molar-refractivity contribution in [3.63, 3.8) is 0 Å². The van der Waals surface area contributed by atoms with E-state index in [2.05, 4.69) is 0 Å². The third-order valence-electron chi connectivity index (χ3n) is 5.09. The highest BCUT2D eigenvalue weighted by molar-refractivity contribution is 5.95. The van der Waals surface area contributed by atoms with Crippen LogP contribution in [0.1, 0.15) is 38.7 Å². The molecule has 2 aliphatic heterocycles. The van der Waals surface area contributed by atoms with Crippen LogP contribution in [0.15, 0.2) is 24.3 Å². The third-order valence-corrected chi connectivity index (χ3v) is 5.09. The molecule has 0 spiro atoms. The first kappa shape index (κ1) is 23.8. The number of nitro benzene ring substituents is 1. The standard InChI is InChI=1S/C16H21NO7.C5H8O/c1-4-23-15(18)14(16(19)24-5-2)13(22-3)10-11-8-6-7-9-12(11)17(20)21;1-2-5-3-4(1)6-5/h6-9,13-14H,4-5,10H2,1-3H3;4-5H,1-3H2. The Morgan fingerprint density at radius 2 is 1.67 bits per heavy atom. The van der Waals surface area contributed by atoms with Crippen molar-refractivity contribution in [2.45, 2.75) is 57.8 Å². The molecule has 4 rings (SSSR count). The van der Waals surface area contributed by atoms with E-state index < -0.39 is 28.9 Å². The van der Waals surface area contributed by atoms with Gasteiger partial charge < -0.3 is 18.9 Å². The van der Waals surface area contributed by atoms with Gasteiger partial charge in [-0.05, 0) is 33.1 Å². The molecule has 0 aromatic heterocycles. The predicted molar refractivity (Wildman–Crippen MR) is 107 cm³/mol. The molecule has 3 fully saturated rings. The fourth-order valence-electron chi connectivity index (χ4n) is 3.58. The van der Waals surface area contributed by atoms with Crippen LogP contribution in [-0.4, -0.2) is 55.5 Å². The van der Waals surface area contributed by atoms with E-state index in [-0.39, 0.29) is 25.3 Å². The number of nitrogens with zero attached hydrogens (tertiary/aromatic N) is 1. The molecule has 2 saturated heterocycles. The van der Waals surface area contributed by atoms with Crippen LogP contribution in [0.4, 0.5) is 5.69 Å². The van der Waals surface area contributed by atoms with Gasteiger partial charge in [0.25, 0.3) is 5.69 Å². The number of rotatable bonds is 9. The van der Waals surface area contributed by atoms with E-state index >= 15 is 0 Å². The molecule has 1 aromatic carbocycles. The SMILES string of the molecule is C1CC2CC1O2.CCOC(=O)C(C(=O)OCC)C(Cc1ccccc1[N+](=O)[O-])OC. The van der Waals surface area contributed by atoms with Crippen molar-refractivity contribution in [2.24, 2.45) is 5.92 Å². The minimum Gasteiger partial charge on any atom is -0.465 e. The molecule has 9 nitrogen and oxygen atoms in total. The van der Waals surface area contributed by atoms with Crippen LogP contribution in [0.25, 0.3) is 0 Å². The lowest BCUT2D eigenvalue weighted by Crippen LogP contribution is -2.40. The van der Waals surface area contributed by atoms with Crippen LogP contribution in [-0.2, 0) is 35.0 Å². The quantitative estimate of drug-likeness (QED) is 0.258. The second-order valence-electron chi connectivity index (χ2n) is 7.04. The van der Waals surface area contributed by atoms with Crippen LogP contribution < -0.4 is 0 Å².